The van der Waals surface area contributed by atoms with E-state index in [1.54, 1.807) is 11.8 Å². The number of nitrogens with zero attached hydrogens (tertiary/aromatic N) is 1. The molecular formula is C13H27NOS. The average molecular weight is 245 g/mol. The van der Waals surface area contributed by atoms with Crippen molar-refractivity contribution in [1.82, 2.24) is 4.90 Å². The molecule has 0 aliphatic carbocycles. The number of unbranched alkanes of at least 4 members (excludes halogenated alkanes) is 5. The van der Waals surface area contributed by atoms with Crippen molar-refractivity contribution in [3.63, 3.8) is 0 Å². The van der Waals surface area contributed by atoms with Gasteiger partial charge in [-0.2, -0.15) is 11.8 Å². The Bertz CT molecular complexity index is 173. The molecular weight excluding hydrogens is 218 g/mol. The number of hydrogen-bond acceptors (Lipinski definition) is 2. The number of amides is 1. The number of thioether (sulfide) groups is 1. The van der Waals surface area contributed by atoms with Gasteiger partial charge in [0.15, 0.2) is 0 Å². The topological polar surface area (TPSA) is 20.3 Å². The molecule has 1 amide bonds. The van der Waals surface area contributed by atoms with Gasteiger partial charge in [0.2, 0.25) is 5.91 Å². The van der Waals surface area contributed by atoms with Gasteiger partial charge in [-0.25, -0.2) is 0 Å². The van der Waals surface area contributed by atoms with Crippen LogP contribution in [0.4, 0.5) is 0 Å². The number of carbonyl (C=O) groups excluding carboxylic acids is 1. The van der Waals surface area contributed by atoms with Crippen molar-refractivity contribution in [2.24, 2.45) is 0 Å². The van der Waals surface area contributed by atoms with Crippen LogP contribution in [-0.2, 0) is 4.79 Å². The molecule has 0 heterocycles. The van der Waals surface area contributed by atoms with E-state index in [2.05, 4.69) is 6.92 Å². The van der Waals surface area contributed by atoms with Gasteiger partial charge in [-0.1, -0.05) is 39.0 Å². The van der Waals surface area contributed by atoms with E-state index < -0.39 is 0 Å². The van der Waals surface area contributed by atoms with Gasteiger partial charge in [-0.05, 0) is 12.7 Å². The van der Waals surface area contributed by atoms with Crippen molar-refractivity contribution in [1.29, 1.82) is 0 Å². The monoisotopic (exact) mass is 245 g/mol. The van der Waals surface area contributed by atoms with Crippen LogP contribution in [0.15, 0.2) is 0 Å². The Hall–Kier alpha value is -0.180. The van der Waals surface area contributed by atoms with Gasteiger partial charge in [0.05, 0.1) is 0 Å². The average Bonchev–Trinajstić information content (AvgIpc) is 2.30. The van der Waals surface area contributed by atoms with Crippen LogP contribution in [0.25, 0.3) is 0 Å². The van der Waals surface area contributed by atoms with Crippen molar-refractivity contribution < 1.29 is 4.79 Å². The fraction of sp³-hybridized carbons (Fsp3) is 0.923. The maximum atomic E-state index is 11.6. The van der Waals surface area contributed by atoms with E-state index in [4.69, 9.17) is 0 Å². The molecule has 0 aliphatic rings. The van der Waals surface area contributed by atoms with Crippen LogP contribution in [0, 0.1) is 0 Å². The fourth-order valence-corrected chi connectivity index (χ4v) is 2.01. The molecule has 3 heteroatoms. The molecule has 16 heavy (non-hydrogen) atoms. The summed E-state index contributed by atoms with van der Waals surface area (Å²) < 4.78 is 0. The summed E-state index contributed by atoms with van der Waals surface area (Å²) in [6.07, 6.45) is 10.5. The lowest BCUT2D eigenvalue weighted by molar-refractivity contribution is -0.129. The summed E-state index contributed by atoms with van der Waals surface area (Å²) in [7, 11) is 1.93. The largest absolute Gasteiger partial charge is 0.346 e. The molecule has 0 spiro atoms. The van der Waals surface area contributed by atoms with Gasteiger partial charge < -0.3 is 4.90 Å². The molecule has 0 fully saturated rings. The summed E-state index contributed by atoms with van der Waals surface area (Å²) in [6.45, 7) is 3.16. The third-order valence-electron chi connectivity index (χ3n) is 2.79. The first-order valence-electron chi connectivity index (χ1n) is 6.45. The van der Waals surface area contributed by atoms with Gasteiger partial charge in [0.25, 0.3) is 0 Å². The van der Waals surface area contributed by atoms with Crippen LogP contribution < -0.4 is 0 Å². The van der Waals surface area contributed by atoms with Gasteiger partial charge >= 0.3 is 0 Å². The molecule has 0 atom stereocenters. The third-order valence-corrected chi connectivity index (χ3v) is 3.41. The van der Waals surface area contributed by atoms with Crippen molar-refractivity contribution in [3.8, 4) is 0 Å². The first-order chi connectivity index (χ1) is 7.72. The van der Waals surface area contributed by atoms with Gasteiger partial charge in [0.1, 0.15) is 0 Å². The molecule has 0 aromatic carbocycles. The Morgan fingerprint density at radius 1 is 1.12 bits per heavy atom. The van der Waals surface area contributed by atoms with Gasteiger partial charge in [0, 0.05) is 25.8 Å². The summed E-state index contributed by atoms with van der Waals surface area (Å²) in [6, 6.07) is 0. The molecule has 0 N–H and O–H groups in total. The molecule has 2 nitrogen and oxygen atoms in total. The summed E-state index contributed by atoms with van der Waals surface area (Å²) in [5.41, 5.74) is 0. The molecule has 0 radical (unpaired) electrons. The van der Waals surface area contributed by atoms with E-state index in [0.29, 0.717) is 12.3 Å². The first-order valence-corrected chi connectivity index (χ1v) is 7.84. The normalized spacial score (nSPS) is 10.4. The lowest BCUT2D eigenvalue weighted by atomic mass is 10.1. The van der Waals surface area contributed by atoms with E-state index in [-0.39, 0.29) is 0 Å². The summed E-state index contributed by atoms with van der Waals surface area (Å²) in [5, 5.41) is 0. The lowest BCUT2D eigenvalue weighted by Gasteiger charge is -2.16. The molecule has 0 unspecified atom stereocenters. The fourth-order valence-electron chi connectivity index (χ4n) is 1.63. The highest BCUT2D eigenvalue weighted by molar-refractivity contribution is 7.98. The Kier molecular flexibility index (Phi) is 11.2. The highest BCUT2D eigenvalue weighted by atomic mass is 32.2. The maximum Gasteiger partial charge on any atom is 0.223 e. The Labute approximate surface area is 105 Å². The molecule has 0 aliphatic heterocycles. The number of rotatable bonds is 10. The molecule has 0 aromatic rings. The van der Waals surface area contributed by atoms with Crippen molar-refractivity contribution >= 4 is 17.7 Å². The second-order valence-electron chi connectivity index (χ2n) is 4.33. The minimum atomic E-state index is 0.294. The second-order valence-corrected chi connectivity index (χ2v) is 5.31. The lowest BCUT2D eigenvalue weighted by Crippen LogP contribution is -2.27. The summed E-state index contributed by atoms with van der Waals surface area (Å²) >= 11 is 1.74. The highest BCUT2D eigenvalue weighted by Crippen LogP contribution is 2.06. The van der Waals surface area contributed by atoms with E-state index in [1.807, 2.05) is 18.2 Å². The molecule has 96 valence electrons. The van der Waals surface area contributed by atoms with Gasteiger partial charge in [-0.3, -0.25) is 4.79 Å². The predicted molar refractivity (Wildman–Crippen MR) is 74.0 cm³/mol. The minimum Gasteiger partial charge on any atom is -0.346 e. The van der Waals surface area contributed by atoms with Crippen molar-refractivity contribution in [2.45, 2.75) is 51.9 Å². The SMILES string of the molecule is CCCCCCCCN(C)C(=O)CCSC. The number of carbonyl (C=O) groups is 1. The van der Waals surface area contributed by atoms with Gasteiger partial charge in [-0.15, -0.1) is 0 Å². The second kappa shape index (κ2) is 11.3. The minimum absolute atomic E-state index is 0.294. The Morgan fingerprint density at radius 2 is 1.75 bits per heavy atom. The van der Waals surface area contributed by atoms with Crippen LogP contribution >= 0.6 is 11.8 Å². The smallest absolute Gasteiger partial charge is 0.223 e. The van der Waals surface area contributed by atoms with E-state index >= 15 is 0 Å². The van der Waals surface area contributed by atoms with E-state index in [1.165, 1.54) is 32.1 Å². The highest BCUT2D eigenvalue weighted by Gasteiger charge is 2.06. The van der Waals surface area contributed by atoms with Crippen LogP contribution in [0.2, 0.25) is 0 Å². The summed E-state index contributed by atoms with van der Waals surface area (Å²) in [5.74, 6) is 1.24. The van der Waals surface area contributed by atoms with Crippen LogP contribution in [0.1, 0.15) is 51.9 Å². The molecule has 0 saturated heterocycles. The van der Waals surface area contributed by atoms with Crippen LogP contribution in [0.5, 0.6) is 0 Å². The third kappa shape index (κ3) is 9.08. The zero-order valence-corrected chi connectivity index (χ0v) is 11.9. The molecule has 0 saturated carbocycles. The zero-order valence-electron chi connectivity index (χ0n) is 11.1. The Balaban J connectivity index is 3.35. The van der Waals surface area contributed by atoms with Crippen LogP contribution in [-0.4, -0.2) is 36.4 Å². The molecule has 0 rings (SSSR count). The quantitative estimate of drug-likeness (QED) is 0.549. The van der Waals surface area contributed by atoms with Crippen molar-refractivity contribution in [2.75, 3.05) is 25.6 Å². The van der Waals surface area contributed by atoms with Crippen LogP contribution in [0.3, 0.4) is 0 Å². The summed E-state index contributed by atoms with van der Waals surface area (Å²) in [4.78, 5) is 13.5. The Morgan fingerprint density at radius 3 is 2.38 bits per heavy atom. The maximum absolute atomic E-state index is 11.6. The standard InChI is InChI=1S/C13H27NOS/c1-4-5-6-7-8-9-11-14(2)13(15)10-12-16-3/h4-12H2,1-3H3. The molecule has 0 aromatic heterocycles. The first kappa shape index (κ1) is 15.8. The van der Waals surface area contributed by atoms with Crippen molar-refractivity contribution in [3.05, 3.63) is 0 Å². The predicted octanol–water partition coefficient (Wildman–Crippen LogP) is 3.56. The zero-order chi connectivity index (χ0) is 12.2. The molecule has 0 bridgehead atoms. The number of hydrogen-bond donors (Lipinski definition) is 0. The van der Waals surface area contributed by atoms with E-state index in [9.17, 15) is 4.79 Å². The van der Waals surface area contributed by atoms with E-state index in [0.717, 1.165) is 18.7 Å².